The minimum atomic E-state index is -0.190. The highest BCUT2D eigenvalue weighted by atomic mass is 32.1. The number of thiophene rings is 1. The zero-order chi connectivity index (χ0) is 13.8. The number of nitrogens with zero attached hydrogens (tertiary/aromatic N) is 1. The van der Waals surface area contributed by atoms with Crippen LogP contribution in [0.4, 0.5) is 0 Å². The van der Waals surface area contributed by atoms with Crippen molar-refractivity contribution in [3.8, 4) is 0 Å². The third-order valence-corrected chi connectivity index (χ3v) is 3.76. The van der Waals surface area contributed by atoms with Crippen molar-refractivity contribution < 1.29 is 4.79 Å². The van der Waals surface area contributed by atoms with Gasteiger partial charge < -0.3 is 0 Å². The van der Waals surface area contributed by atoms with E-state index in [2.05, 4.69) is 30.4 Å². The first-order valence-corrected chi connectivity index (χ1v) is 6.86. The molecule has 0 aliphatic carbocycles. The Morgan fingerprint density at radius 1 is 1.21 bits per heavy atom. The Labute approximate surface area is 117 Å². The second-order valence-electron chi connectivity index (χ2n) is 4.33. The number of benzene rings is 1. The largest absolute Gasteiger partial charge is 0.271 e. The molecule has 98 valence electrons. The zero-order valence-electron chi connectivity index (χ0n) is 11.2. The van der Waals surface area contributed by atoms with Gasteiger partial charge in [-0.15, -0.1) is 11.3 Å². The molecule has 0 aliphatic rings. The summed E-state index contributed by atoms with van der Waals surface area (Å²) in [5.74, 6) is -0.190. The quantitative estimate of drug-likeness (QED) is 0.674. The van der Waals surface area contributed by atoms with Gasteiger partial charge >= 0.3 is 0 Å². The Hall–Kier alpha value is -1.94. The minimum absolute atomic E-state index is 0.190. The van der Waals surface area contributed by atoms with E-state index in [0.29, 0.717) is 5.56 Å². The fourth-order valence-electron chi connectivity index (χ4n) is 1.84. The lowest BCUT2D eigenvalue weighted by Gasteiger charge is -2.02. The van der Waals surface area contributed by atoms with Crippen LogP contribution in [0, 0.1) is 13.8 Å². The topological polar surface area (TPSA) is 41.5 Å². The van der Waals surface area contributed by atoms with Crippen molar-refractivity contribution in [3.05, 3.63) is 57.3 Å². The van der Waals surface area contributed by atoms with Crippen LogP contribution in [0.1, 0.15) is 32.6 Å². The van der Waals surface area contributed by atoms with Gasteiger partial charge in [0.25, 0.3) is 5.91 Å². The molecule has 0 unspecified atom stereocenters. The SMILES string of the molecule is C/C(=N/NC(=O)c1ccccc1)c1cc(C)sc1C. The van der Waals surface area contributed by atoms with E-state index in [0.717, 1.165) is 11.3 Å². The van der Waals surface area contributed by atoms with E-state index >= 15 is 0 Å². The van der Waals surface area contributed by atoms with Crippen LogP contribution in [0.2, 0.25) is 0 Å². The van der Waals surface area contributed by atoms with Crippen LogP contribution in [0.3, 0.4) is 0 Å². The Morgan fingerprint density at radius 3 is 2.47 bits per heavy atom. The van der Waals surface area contributed by atoms with Crippen molar-refractivity contribution in [1.82, 2.24) is 5.43 Å². The normalized spacial score (nSPS) is 11.4. The molecule has 0 bridgehead atoms. The number of nitrogens with one attached hydrogen (secondary N) is 1. The molecular formula is C15H16N2OS. The van der Waals surface area contributed by atoms with Crippen LogP contribution in [0.5, 0.6) is 0 Å². The summed E-state index contributed by atoms with van der Waals surface area (Å²) in [5, 5.41) is 4.17. The fourth-order valence-corrected chi connectivity index (χ4v) is 2.82. The van der Waals surface area contributed by atoms with Crippen molar-refractivity contribution in [2.75, 3.05) is 0 Å². The molecule has 0 atom stereocenters. The molecule has 0 spiro atoms. The number of hydrogen-bond acceptors (Lipinski definition) is 3. The fraction of sp³-hybridized carbons (Fsp3) is 0.200. The van der Waals surface area contributed by atoms with Gasteiger partial charge in [0.15, 0.2) is 0 Å². The summed E-state index contributed by atoms with van der Waals surface area (Å²) in [7, 11) is 0. The van der Waals surface area contributed by atoms with Gasteiger partial charge in [-0.3, -0.25) is 4.79 Å². The van der Waals surface area contributed by atoms with Crippen LogP contribution in [0.25, 0.3) is 0 Å². The van der Waals surface area contributed by atoms with Gasteiger partial charge in [0.1, 0.15) is 0 Å². The van der Waals surface area contributed by atoms with E-state index in [4.69, 9.17) is 0 Å². The minimum Gasteiger partial charge on any atom is -0.267 e. The summed E-state index contributed by atoms with van der Waals surface area (Å²) >= 11 is 1.73. The Balaban J connectivity index is 2.11. The first-order valence-electron chi connectivity index (χ1n) is 6.05. The molecule has 0 saturated heterocycles. The summed E-state index contributed by atoms with van der Waals surface area (Å²) in [6.07, 6.45) is 0. The second-order valence-corrected chi connectivity index (χ2v) is 5.79. The van der Waals surface area contributed by atoms with Crippen LogP contribution in [-0.4, -0.2) is 11.6 Å². The van der Waals surface area contributed by atoms with Gasteiger partial charge in [-0.05, 0) is 39.0 Å². The average molecular weight is 272 g/mol. The maximum atomic E-state index is 11.9. The monoisotopic (exact) mass is 272 g/mol. The van der Waals surface area contributed by atoms with Crippen molar-refractivity contribution in [2.24, 2.45) is 5.10 Å². The van der Waals surface area contributed by atoms with Crippen LogP contribution < -0.4 is 5.43 Å². The molecule has 0 radical (unpaired) electrons. The molecule has 2 rings (SSSR count). The third-order valence-electron chi connectivity index (χ3n) is 2.79. The molecular weight excluding hydrogens is 256 g/mol. The highest BCUT2D eigenvalue weighted by Crippen LogP contribution is 2.21. The van der Waals surface area contributed by atoms with Crippen molar-refractivity contribution in [2.45, 2.75) is 20.8 Å². The summed E-state index contributed by atoms with van der Waals surface area (Å²) in [5.41, 5.74) is 5.11. The Bertz CT molecular complexity index is 614. The predicted octanol–water partition coefficient (Wildman–Crippen LogP) is 3.52. The lowest BCUT2D eigenvalue weighted by Crippen LogP contribution is -2.19. The van der Waals surface area contributed by atoms with Crippen molar-refractivity contribution in [1.29, 1.82) is 0 Å². The van der Waals surface area contributed by atoms with Gasteiger partial charge in [-0.2, -0.15) is 5.10 Å². The van der Waals surface area contributed by atoms with E-state index < -0.39 is 0 Å². The molecule has 1 amide bonds. The first kappa shape index (κ1) is 13.5. The maximum absolute atomic E-state index is 11.9. The van der Waals surface area contributed by atoms with Gasteiger partial charge in [0.2, 0.25) is 0 Å². The molecule has 2 aromatic rings. The summed E-state index contributed by atoms with van der Waals surface area (Å²) in [6.45, 7) is 6.03. The molecule has 0 aliphatic heterocycles. The van der Waals surface area contributed by atoms with E-state index in [1.165, 1.54) is 9.75 Å². The summed E-state index contributed by atoms with van der Waals surface area (Å²) in [6, 6.07) is 11.2. The number of hydrogen-bond donors (Lipinski definition) is 1. The van der Waals surface area contributed by atoms with E-state index in [-0.39, 0.29) is 5.91 Å². The third kappa shape index (κ3) is 3.29. The van der Waals surface area contributed by atoms with E-state index in [1.807, 2.05) is 25.1 Å². The van der Waals surface area contributed by atoms with Crippen molar-refractivity contribution in [3.63, 3.8) is 0 Å². The van der Waals surface area contributed by atoms with Gasteiger partial charge in [0.05, 0.1) is 5.71 Å². The molecule has 1 N–H and O–H groups in total. The smallest absolute Gasteiger partial charge is 0.267 e. The summed E-state index contributed by atoms with van der Waals surface area (Å²) in [4.78, 5) is 14.3. The van der Waals surface area contributed by atoms with Gasteiger partial charge in [-0.1, -0.05) is 18.2 Å². The maximum Gasteiger partial charge on any atom is 0.271 e. The molecule has 0 saturated carbocycles. The second kappa shape index (κ2) is 5.80. The van der Waals surface area contributed by atoms with Gasteiger partial charge in [-0.25, -0.2) is 5.43 Å². The summed E-state index contributed by atoms with van der Waals surface area (Å²) < 4.78 is 0. The lowest BCUT2D eigenvalue weighted by molar-refractivity contribution is 0.0955. The number of carbonyl (C=O) groups excluding carboxylic acids is 1. The standard InChI is InChI=1S/C15H16N2OS/c1-10-9-14(12(3)19-10)11(2)16-17-15(18)13-7-5-4-6-8-13/h4-9H,1-3H3,(H,17,18)/b16-11-. The molecule has 19 heavy (non-hydrogen) atoms. The number of aryl methyl sites for hydroxylation is 2. The van der Waals surface area contributed by atoms with E-state index in [9.17, 15) is 4.79 Å². The lowest BCUT2D eigenvalue weighted by atomic mass is 10.2. The first-order chi connectivity index (χ1) is 9.08. The van der Waals surface area contributed by atoms with Crippen LogP contribution in [-0.2, 0) is 0 Å². The average Bonchev–Trinajstić information content (AvgIpc) is 2.75. The number of hydrazone groups is 1. The Morgan fingerprint density at radius 2 is 1.89 bits per heavy atom. The number of rotatable bonds is 3. The Kier molecular flexibility index (Phi) is 4.12. The predicted molar refractivity (Wildman–Crippen MR) is 79.9 cm³/mol. The number of carbonyl (C=O) groups is 1. The molecule has 1 aromatic heterocycles. The van der Waals surface area contributed by atoms with Crippen molar-refractivity contribution >= 4 is 23.0 Å². The van der Waals surface area contributed by atoms with Gasteiger partial charge in [0, 0.05) is 20.9 Å². The molecule has 0 fully saturated rings. The number of amides is 1. The van der Waals surface area contributed by atoms with Crippen LogP contribution in [0.15, 0.2) is 41.5 Å². The highest BCUT2D eigenvalue weighted by molar-refractivity contribution is 7.12. The molecule has 4 heteroatoms. The molecule has 1 heterocycles. The zero-order valence-corrected chi connectivity index (χ0v) is 12.0. The molecule has 1 aromatic carbocycles. The van der Waals surface area contributed by atoms with E-state index in [1.54, 1.807) is 23.5 Å². The molecule has 3 nitrogen and oxygen atoms in total. The highest BCUT2D eigenvalue weighted by Gasteiger charge is 2.07. The van der Waals surface area contributed by atoms with Crippen LogP contribution >= 0.6 is 11.3 Å².